The molecule has 0 heterocycles. The van der Waals surface area contributed by atoms with Crippen molar-refractivity contribution in [3.05, 3.63) is 96.2 Å². The Bertz CT molecular complexity index is 904. The molecule has 0 amide bonds. The maximum Gasteiger partial charge on any atom is 0.0467 e. The highest BCUT2D eigenvalue weighted by Gasteiger charge is 2.13. The number of anilines is 2. The zero-order valence-electron chi connectivity index (χ0n) is 15.2. The molecule has 25 heavy (non-hydrogen) atoms. The van der Waals surface area contributed by atoms with E-state index in [4.69, 9.17) is 0 Å². The average molecular weight is 327 g/mol. The van der Waals surface area contributed by atoms with Crippen molar-refractivity contribution in [2.45, 2.75) is 27.2 Å². The van der Waals surface area contributed by atoms with Gasteiger partial charge in [0, 0.05) is 17.1 Å². The van der Waals surface area contributed by atoms with Gasteiger partial charge in [-0.3, -0.25) is 0 Å². The van der Waals surface area contributed by atoms with Crippen LogP contribution in [0.15, 0.2) is 90.7 Å². The predicted octanol–water partition coefficient (Wildman–Crippen LogP) is 7.16. The summed E-state index contributed by atoms with van der Waals surface area (Å²) in [6.45, 7) is 6.38. The molecule has 1 heteroatoms. The van der Waals surface area contributed by atoms with Gasteiger partial charge in [-0.15, -0.1) is 0 Å². The Morgan fingerprint density at radius 1 is 0.880 bits per heavy atom. The molecular formula is C24H25N. The quantitative estimate of drug-likeness (QED) is 0.449. The fourth-order valence-corrected chi connectivity index (χ4v) is 3.13. The molecule has 0 aliphatic carbocycles. The van der Waals surface area contributed by atoms with Gasteiger partial charge in [0.2, 0.25) is 0 Å². The summed E-state index contributed by atoms with van der Waals surface area (Å²) in [5, 5.41) is 2.55. The standard InChI is InChI=1S/C24H25N/c1-4-9-22(10-5-2)25(23-11-7-6-8-12-23)24-16-15-20-17-19(3)13-14-21(20)18-24/h4,6-18H,5H2,1-3H3/b9-4-,22-10+. The molecule has 0 radical (unpaired) electrons. The maximum absolute atomic E-state index is 2.32. The summed E-state index contributed by atoms with van der Waals surface area (Å²) in [6, 6.07) is 23.9. The molecule has 0 spiro atoms. The SMILES string of the molecule is C/C=C\C(=C/CC)N(c1ccccc1)c1ccc2cc(C)ccc2c1. The van der Waals surface area contributed by atoms with Crippen molar-refractivity contribution in [3.8, 4) is 0 Å². The second kappa shape index (κ2) is 7.85. The Hall–Kier alpha value is -2.80. The molecule has 0 aromatic heterocycles. The summed E-state index contributed by atoms with van der Waals surface area (Å²) in [7, 11) is 0. The van der Waals surface area contributed by atoms with Crippen LogP contribution < -0.4 is 4.90 Å². The van der Waals surface area contributed by atoms with Gasteiger partial charge >= 0.3 is 0 Å². The lowest BCUT2D eigenvalue weighted by molar-refractivity contribution is 1.13. The topological polar surface area (TPSA) is 3.24 Å². The molecule has 0 unspecified atom stereocenters. The minimum absolute atomic E-state index is 0.996. The van der Waals surface area contributed by atoms with Crippen molar-refractivity contribution in [2.75, 3.05) is 4.90 Å². The average Bonchev–Trinajstić information content (AvgIpc) is 2.63. The highest BCUT2D eigenvalue weighted by Crippen LogP contribution is 2.33. The summed E-state index contributed by atoms with van der Waals surface area (Å²) in [6.07, 6.45) is 7.54. The van der Waals surface area contributed by atoms with E-state index in [0.29, 0.717) is 0 Å². The van der Waals surface area contributed by atoms with Crippen molar-refractivity contribution in [1.82, 2.24) is 0 Å². The van der Waals surface area contributed by atoms with Crippen LogP contribution >= 0.6 is 0 Å². The minimum Gasteiger partial charge on any atom is -0.311 e. The Balaban J connectivity index is 2.17. The smallest absolute Gasteiger partial charge is 0.0467 e. The van der Waals surface area contributed by atoms with Crippen LogP contribution in [0.3, 0.4) is 0 Å². The highest BCUT2D eigenvalue weighted by atomic mass is 15.1. The van der Waals surface area contributed by atoms with Crippen LogP contribution in [0.5, 0.6) is 0 Å². The van der Waals surface area contributed by atoms with E-state index in [1.165, 1.54) is 33.4 Å². The third-order valence-corrected chi connectivity index (χ3v) is 4.26. The first kappa shape index (κ1) is 17.0. The number of hydrogen-bond acceptors (Lipinski definition) is 1. The fourth-order valence-electron chi connectivity index (χ4n) is 3.13. The third-order valence-electron chi connectivity index (χ3n) is 4.26. The molecule has 0 N–H and O–H groups in total. The van der Waals surface area contributed by atoms with Gasteiger partial charge in [-0.1, -0.05) is 67.1 Å². The van der Waals surface area contributed by atoms with Crippen LogP contribution in [0.4, 0.5) is 11.4 Å². The van der Waals surface area contributed by atoms with Gasteiger partial charge < -0.3 is 4.90 Å². The van der Waals surface area contributed by atoms with E-state index in [-0.39, 0.29) is 0 Å². The van der Waals surface area contributed by atoms with E-state index in [1.807, 2.05) is 0 Å². The molecule has 0 fully saturated rings. The number of hydrogen-bond donors (Lipinski definition) is 0. The lowest BCUT2D eigenvalue weighted by Gasteiger charge is -2.27. The van der Waals surface area contributed by atoms with Crippen molar-refractivity contribution in [2.24, 2.45) is 0 Å². The molecule has 0 aliphatic heterocycles. The number of fused-ring (bicyclic) bond motifs is 1. The number of benzene rings is 3. The van der Waals surface area contributed by atoms with Crippen LogP contribution in [0.2, 0.25) is 0 Å². The van der Waals surface area contributed by atoms with E-state index in [2.05, 4.69) is 111 Å². The molecule has 1 nitrogen and oxygen atoms in total. The highest BCUT2D eigenvalue weighted by molar-refractivity contribution is 5.88. The Morgan fingerprint density at radius 3 is 2.32 bits per heavy atom. The third kappa shape index (κ3) is 3.83. The number of nitrogens with zero attached hydrogens (tertiary/aromatic N) is 1. The van der Waals surface area contributed by atoms with Gasteiger partial charge in [-0.2, -0.15) is 0 Å². The van der Waals surface area contributed by atoms with E-state index < -0.39 is 0 Å². The second-order valence-corrected chi connectivity index (χ2v) is 6.24. The maximum atomic E-state index is 2.32. The summed E-state index contributed by atoms with van der Waals surface area (Å²) in [5.74, 6) is 0. The zero-order valence-corrected chi connectivity index (χ0v) is 15.2. The van der Waals surface area contributed by atoms with Crippen LogP contribution in [0.25, 0.3) is 10.8 Å². The fraction of sp³-hybridized carbons (Fsp3) is 0.167. The number of para-hydroxylation sites is 1. The Labute approximate surface area is 150 Å². The molecular weight excluding hydrogens is 302 g/mol. The van der Waals surface area contributed by atoms with Crippen LogP contribution in [0, 0.1) is 6.92 Å². The van der Waals surface area contributed by atoms with Crippen LogP contribution in [-0.4, -0.2) is 0 Å². The van der Waals surface area contributed by atoms with Gasteiger partial charge in [0.25, 0.3) is 0 Å². The molecule has 0 aliphatic rings. The van der Waals surface area contributed by atoms with Crippen molar-refractivity contribution >= 4 is 22.1 Å². The Morgan fingerprint density at radius 2 is 1.60 bits per heavy atom. The van der Waals surface area contributed by atoms with Gasteiger partial charge in [0.1, 0.15) is 0 Å². The molecule has 126 valence electrons. The number of aryl methyl sites for hydroxylation is 1. The molecule has 0 saturated carbocycles. The lowest BCUT2D eigenvalue weighted by atomic mass is 10.1. The largest absolute Gasteiger partial charge is 0.311 e. The molecule has 0 saturated heterocycles. The molecule has 3 aromatic carbocycles. The monoisotopic (exact) mass is 327 g/mol. The normalized spacial score (nSPS) is 12.0. The van der Waals surface area contributed by atoms with Crippen LogP contribution in [0.1, 0.15) is 25.8 Å². The van der Waals surface area contributed by atoms with Gasteiger partial charge in [-0.05, 0) is 61.4 Å². The second-order valence-electron chi connectivity index (χ2n) is 6.24. The Kier molecular flexibility index (Phi) is 5.35. The minimum atomic E-state index is 0.996. The van der Waals surface area contributed by atoms with Gasteiger partial charge in [-0.25, -0.2) is 0 Å². The lowest BCUT2D eigenvalue weighted by Crippen LogP contribution is -2.15. The van der Waals surface area contributed by atoms with Crippen molar-refractivity contribution < 1.29 is 0 Å². The zero-order chi connectivity index (χ0) is 17.6. The van der Waals surface area contributed by atoms with Crippen molar-refractivity contribution in [1.29, 1.82) is 0 Å². The van der Waals surface area contributed by atoms with E-state index in [0.717, 1.165) is 6.42 Å². The summed E-state index contributed by atoms with van der Waals surface area (Å²) >= 11 is 0. The number of rotatable bonds is 5. The summed E-state index contributed by atoms with van der Waals surface area (Å²) in [5.41, 5.74) is 4.84. The van der Waals surface area contributed by atoms with E-state index >= 15 is 0 Å². The molecule has 0 atom stereocenters. The molecule has 3 rings (SSSR count). The first-order chi connectivity index (χ1) is 12.2. The molecule has 0 bridgehead atoms. The number of allylic oxidation sites excluding steroid dienone is 3. The first-order valence-electron chi connectivity index (χ1n) is 8.91. The van der Waals surface area contributed by atoms with E-state index in [9.17, 15) is 0 Å². The first-order valence-corrected chi connectivity index (χ1v) is 8.91. The van der Waals surface area contributed by atoms with Gasteiger partial charge in [0.05, 0.1) is 0 Å². The summed E-state index contributed by atoms with van der Waals surface area (Å²) in [4.78, 5) is 2.32. The van der Waals surface area contributed by atoms with Gasteiger partial charge in [0.15, 0.2) is 0 Å². The summed E-state index contributed by atoms with van der Waals surface area (Å²) < 4.78 is 0. The van der Waals surface area contributed by atoms with Crippen molar-refractivity contribution in [3.63, 3.8) is 0 Å². The molecule has 3 aromatic rings. The van der Waals surface area contributed by atoms with Crippen LogP contribution in [-0.2, 0) is 0 Å². The van der Waals surface area contributed by atoms with E-state index in [1.54, 1.807) is 0 Å². The predicted molar refractivity (Wildman–Crippen MR) is 110 cm³/mol.